The molecule has 25 heavy (non-hydrogen) atoms. The van der Waals surface area contributed by atoms with Crippen molar-refractivity contribution in [2.75, 3.05) is 33.3 Å². The molecule has 0 saturated carbocycles. The fourth-order valence-electron chi connectivity index (χ4n) is 2.19. The molecule has 0 aromatic heterocycles. The van der Waals surface area contributed by atoms with Gasteiger partial charge in [-0.2, -0.15) is 0 Å². The molecule has 0 spiro atoms. The quantitative estimate of drug-likeness (QED) is 0.777. The van der Waals surface area contributed by atoms with Gasteiger partial charge in [-0.25, -0.2) is 4.79 Å². The molecular weight excluding hydrogens is 326 g/mol. The van der Waals surface area contributed by atoms with Gasteiger partial charge in [-0.05, 0) is 24.3 Å². The molecule has 2 aromatic rings. The molecule has 2 rings (SSSR count). The van der Waals surface area contributed by atoms with Gasteiger partial charge in [0.2, 0.25) is 0 Å². The molecular formula is C18H19NO6. The molecule has 0 saturated heterocycles. The van der Waals surface area contributed by atoms with E-state index in [9.17, 15) is 9.59 Å². The van der Waals surface area contributed by atoms with Crippen LogP contribution in [0.25, 0.3) is 0 Å². The van der Waals surface area contributed by atoms with Crippen molar-refractivity contribution in [3.8, 4) is 17.2 Å². The average molecular weight is 345 g/mol. The van der Waals surface area contributed by atoms with Crippen LogP contribution in [-0.4, -0.2) is 39.8 Å². The van der Waals surface area contributed by atoms with Crippen LogP contribution < -0.4 is 19.5 Å². The van der Waals surface area contributed by atoms with Crippen LogP contribution in [0.5, 0.6) is 17.2 Å². The molecule has 2 aromatic carbocycles. The van der Waals surface area contributed by atoms with Gasteiger partial charge in [0, 0.05) is 0 Å². The van der Waals surface area contributed by atoms with Crippen LogP contribution in [0.15, 0.2) is 42.5 Å². The van der Waals surface area contributed by atoms with E-state index >= 15 is 0 Å². The van der Waals surface area contributed by atoms with Crippen LogP contribution in [0.4, 0.5) is 5.69 Å². The van der Waals surface area contributed by atoms with Crippen molar-refractivity contribution < 1.29 is 28.5 Å². The lowest BCUT2D eigenvalue weighted by Gasteiger charge is -2.13. The topological polar surface area (TPSA) is 83.1 Å². The van der Waals surface area contributed by atoms with Crippen molar-refractivity contribution in [1.82, 2.24) is 0 Å². The van der Waals surface area contributed by atoms with Gasteiger partial charge < -0.3 is 24.3 Å². The summed E-state index contributed by atoms with van der Waals surface area (Å²) in [6.07, 6.45) is 0. The van der Waals surface area contributed by atoms with Gasteiger partial charge in [0.05, 0.1) is 27.0 Å². The standard InChI is InChI=1S/C18H19NO6/c1-22-13-8-5-4-7-12(13)19-16(20)11-25-18(21)17-14(23-2)9-6-10-15(17)24-3/h4-10H,11H2,1-3H3,(H,19,20). The van der Waals surface area contributed by atoms with E-state index < -0.39 is 18.5 Å². The number of hydrogen-bond acceptors (Lipinski definition) is 6. The Bertz CT molecular complexity index is 737. The number of para-hydroxylation sites is 2. The van der Waals surface area contributed by atoms with Crippen molar-refractivity contribution in [3.05, 3.63) is 48.0 Å². The molecule has 1 N–H and O–H groups in total. The smallest absolute Gasteiger partial charge is 0.346 e. The lowest BCUT2D eigenvalue weighted by molar-refractivity contribution is -0.119. The summed E-state index contributed by atoms with van der Waals surface area (Å²) in [4.78, 5) is 24.3. The minimum Gasteiger partial charge on any atom is -0.496 e. The third-order valence-corrected chi connectivity index (χ3v) is 3.35. The van der Waals surface area contributed by atoms with Crippen LogP contribution in [-0.2, 0) is 9.53 Å². The average Bonchev–Trinajstić information content (AvgIpc) is 2.65. The monoisotopic (exact) mass is 345 g/mol. The number of esters is 1. The Hall–Kier alpha value is -3.22. The van der Waals surface area contributed by atoms with Crippen molar-refractivity contribution in [1.29, 1.82) is 0 Å². The number of ether oxygens (including phenoxy) is 4. The lowest BCUT2D eigenvalue weighted by atomic mass is 10.2. The van der Waals surface area contributed by atoms with Gasteiger partial charge >= 0.3 is 5.97 Å². The number of hydrogen-bond donors (Lipinski definition) is 1. The maximum absolute atomic E-state index is 12.3. The van der Waals surface area contributed by atoms with Gasteiger partial charge in [0.1, 0.15) is 22.8 Å². The number of nitrogens with one attached hydrogen (secondary N) is 1. The molecule has 0 aliphatic carbocycles. The Balaban J connectivity index is 2.04. The highest BCUT2D eigenvalue weighted by atomic mass is 16.5. The zero-order valence-corrected chi connectivity index (χ0v) is 14.2. The summed E-state index contributed by atoms with van der Waals surface area (Å²) in [6.45, 7) is -0.460. The summed E-state index contributed by atoms with van der Waals surface area (Å²) in [5.41, 5.74) is 0.610. The fraction of sp³-hybridized carbons (Fsp3) is 0.222. The lowest BCUT2D eigenvalue weighted by Crippen LogP contribution is -2.21. The number of amides is 1. The summed E-state index contributed by atoms with van der Waals surface area (Å²) in [5, 5.41) is 2.62. The van der Waals surface area contributed by atoms with E-state index in [2.05, 4.69) is 5.32 Å². The second kappa shape index (κ2) is 8.58. The van der Waals surface area contributed by atoms with E-state index in [0.717, 1.165) is 0 Å². The number of benzene rings is 2. The first-order valence-electron chi connectivity index (χ1n) is 7.41. The molecule has 0 heterocycles. The molecule has 0 aliphatic rings. The summed E-state index contributed by atoms with van der Waals surface area (Å²) in [7, 11) is 4.36. The Morgan fingerprint density at radius 1 is 0.840 bits per heavy atom. The van der Waals surface area contributed by atoms with Gasteiger partial charge in [-0.15, -0.1) is 0 Å². The number of carbonyl (C=O) groups excluding carboxylic acids is 2. The van der Waals surface area contributed by atoms with Crippen LogP contribution in [0, 0.1) is 0 Å². The van der Waals surface area contributed by atoms with E-state index in [1.54, 1.807) is 42.5 Å². The third kappa shape index (κ3) is 4.41. The number of methoxy groups -OCH3 is 3. The number of rotatable bonds is 7. The Morgan fingerprint density at radius 3 is 2.00 bits per heavy atom. The summed E-state index contributed by atoms with van der Waals surface area (Å²) in [5.74, 6) is -0.103. The summed E-state index contributed by atoms with van der Waals surface area (Å²) >= 11 is 0. The summed E-state index contributed by atoms with van der Waals surface area (Å²) in [6, 6.07) is 11.8. The second-order valence-electron chi connectivity index (χ2n) is 4.86. The van der Waals surface area contributed by atoms with E-state index in [0.29, 0.717) is 22.9 Å². The number of carbonyl (C=O) groups is 2. The molecule has 7 nitrogen and oxygen atoms in total. The highest BCUT2D eigenvalue weighted by Gasteiger charge is 2.20. The second-order valence-corrected chi connectivity index (χ2v) is 4.86. The maximum atomic E-state index is 12.3. The van der Waals surface area contributed by atoms with Gasteiger partial charge in [0.25, 0.3) is 5.91 Å². The predicted octanol–water partition coefficient (Wildman–Crippen LogP) is 2.51. The molecule has 132 valence electrons. The van der Waals surface area contributed by atoms with E-state index in [4.69, 9.17) is 18.9 Å². The third-order valence-electron chi connectivity index (χ3n) is 3.35. The van der Waals surface area contributed by atoms with Crippen molar-refractivity contribution in [2.45, 2.75) is 0 Å². The van der Waals surface area contributed by atoms with E-state index in [-0.39, 0.29) is 5.56 Å². The zero-order chi connectivity index (χ0) is 18.2. The predicted molar refractivity (Wildman–Crippen MR) is 91.5 cm³/mol. The fourth-order valence-corrected chi connectivity index (χ4v) is 2.19. The van der Waals surface area contributed by atoms with Crippen LogP contribution in [0.1, 0.15) is 10.4 Å². The van der Waals surface area contributed by atoms with Crippen molar-refractivity contribution in [3.63, 3.8) is 0 Å². The van der Waals surface area contributed by atoms with E-state index in [1.807, 2.05) is 0 Å². The molecule has 0 fully saturated rings. The molecule has 7 heteroatoms. The highest BCUT2D eigenvalue weighted by molar-refractivity contribution is 5.99. The first-order valence-corrected chi connectivity index (χ1v) is 7.41. The van der Waals surface area contributed by atoms with Gasteiger partial charge in [-0.1, -0.05) is 18.2 Å². The van der Waals surface area contributed by atoms with Crippen LogP contribution in [0.3, 0.4) is 0 Å². The molecule has 0 unspecified atom stereocenters. The molecule has 0 atom stereocenters. The maximum Gasteiger partial charge on any atom is 0.346 e. The zero-order valence-electron chi connectivity index (χ0n) is 14.2. The Kier molecular flexibility index (Phi) is 6.22. The molecule has 0 aliphatic heterocycles. The molecule has 1 amide bonds. The first-order chi connectivity index (χ1) is 12.1. The normalized spacial score (nSPS) is 9.88. The molecule has 0 radical (unpaired) electrons. The minimum absolute atomic E-state index is 0.123. The van der Waals surface area contributed by atoms with Crippen molar-refractivity contribution >= 4 is 17.6 Å². The Labute approximate surface area is 145 Å². The Morgan fingerprint density at radius 2 is 1.40 bits per heavy atom. The van der Waals surface area contributed by atoms with E-state index in [1.165, 1.54) is 21.3 Å². The largest absolute Gasteiger partial charge is 0.496 e. The van der Waals surface area contributed by atoms with Gasteiger partial charge in [0.15, 0.2) is 6.61 Å². The minimum atomic E-state index is -0.718. The van der Waals surface area contributed by atoms with Crippen LogP contribution in [0.2, 0.25) is 0 Å². The number of anilines is 1. The molecule has 0 bridgehead atoms. The van der Waals surface area contributed by atoms with Gasteiger partial charge in [-0.3, -0.25) is 4.79 Å². The first kappa shape index (κ1) is 18.1. The van der Waals surface area contributed by atoms with Crippen molar-refractivity contribution in [2.24, 2.45) is 0 Å². The van der Waals surface area contributed by atoms with Crippen LogP contribution >= 0.6 is 0 Å². The SMILES string of the molecule is COc1ccccc1NC(=O)COC(=O)c1c(OC)cccc1OC. The summed E-state index contributed by atoms with van der Waals surface area (Å²) < 4.78 is 20.5. The highest BCUT2D eigenvalue weighted by Crippen LogP contribution is 2.29.